The molecule has 0 aliphatic carbocycles. The van der Waals surface area contributed by atoms with Crippen LogP contribution in [0.25, 0.3) is 32.8 Å². The fourth-order valence-electron chi connectivity index (χ4n) is 2.43. The second-order valence-electron chi connectivity index (χ2n) is 5.15. The maximum Gasteiger partial charge on any atom is 0.346 e. The Kier molecular flexibility index (Phi) is 3.88. The summed E-state index contributed by atoms with van der Waals surface area (Å²) in [5.74, 6) is 0. The third-order valence-corrected chi connectivity index (χ3v) is 5.01. The van der Waals surface area contributed by atoms with E-state index >= 15 is 0 Å². The van der Waals surface area contributed by atoms with Gasteiger partial charge in [0.2, 0.25) is 0 Å². The molecule has 0 atom stereocenters. The van der Waals surface area contributed by atoms with Crippen molar-refractivity contribution in [3.05, 3.63) is 74.4 Å². The van der Waals surface area contributed by atoms with Gasteiger partial charge in [0.05, 0.1) is 16.3 Å². The van der Waals surface area contributed by atoms with E-state index in [0.29, 0.717) is 31.9 Å². The minimum Gasteiger partial charge on any atom is -0.422 e. The Morgan fingerprint density at radius 3 is 2.67 bits per heavy atom. The monoisotopic (exact) mass is 373 g/mol. The fourth-order valence-corrected chi connectivity index (χ4v) is 3.76. The number of rotatable bonds is 2. The molecular formula is C18H9Cl2NO2S. The SMILES string of the molecule is O=c1oc2ccccc2cc1-c1nc(-c2ccc(Cl)cc2Cl)cs1. The topological polar surface area (TPSA) is 43.1 Å². The highest BCUT2D eigenvalue weighted by Crippen LogP contribution is 2.33. The molecular weight excluding hydrogens is 365 g/mol. The molecule has 118 valence electrons. The van der Waals surface area contributed by atoms with Crippen LogP contribution in [0.5, 0.6) is 0 Å². The van der Waals surface area contributed by atoms with Gasteiger partial charge in [0.15, 0.2) is 0 Å². The summed E-state index contributed by atoms with van der Waals surface area (Å²) in [5, 5.41) is 4.39. The van der Waals surface area contributed by atoms with Crippen LogP contribution in [0, 0.1) is 0 Å². The summed E-state index contributed by atoms with van der Waals surface area (Å²) in [6.07, 6.45) is 0. The van der Waals surface area contributed by atoms with Gasteiger partial charge in [0, 0.05) is 21.4 Å². The normalized spacial score (nSPS) is 11.1. The highest BCUT2D eigenvalue weighted by Gasteiger charge is 2.14. The van der Waals surface area contributed by atoms with Gasteiger partial charge in [-0.05, 0) is 30.3 Å². The Morgan fingerprint density at radius 1 is 1.00 bits per heavy atom. The fraction of sp³-hybridized carbons (Fsp3) is 0. The van der Waals surface area contributed by atoms with Gasteiger partial charge in [-0.1, -0.05) is 41.4 Å². The summed E-state index contributed by atoms with van der Waals surface area (Å²) < 4.78 is 5.37. The predicted molar refractivity (Wildman–Crippen MR) is 99.0 cm³/mol. The number of hydrogen-bond donors (Lipinski definition) is 0. The second-order valence-corrected chi connectivity index (χ2v) is 6.85. The standard InChI is InChI=1S/C18H9Cl2NO2S/c19-11-5-6-12(14(20)8-11)15-9-24-17(21-15)13-7-10-3-1-2-4-16(10)23-18(13)22/h1-9H. The van der Waals surface area contributed by atoms with Crippen LogP contribution in [0.3, 0.4) is 0 Å². The smallest absolute Gasteiger partial charge is 0.346 e. The highest BCUT2D eigenvalue weighted by molar-refractivity contribution is 7.13. The van der Waals surface area contributed by atoms with Crippen molar-refractivity contribution in [1.82, 2.24) is 4.98 Å². The first kappa shape index (κ1) is 15.4. The number of halogens is 2. The molecule has 0 amide bonds. The van der Waals surface area contributed by atoms with Crippen LogP contribution in [0.15, 0.2) is 63.1 Å². The van der Waals surface area contributed by atoms with Gasteiger partial charge in [0.1, 0.15) is 10.6 Å². The number of aromatic nitrogens is 1. The van der Waals surface area contributed by atoms with Gasteiger partial charge in [-0.15, -0.1) is 11.3 Å². The molecule has 0 bridgehead atoms. The van der Waals surface area contributed by atoms with Crippen LogP contribution in [-0.4, -0.2) is 4.98 Å². The van der Waals surface area contributed by atoms with Crippen molar-refractivity contribution < 1.29 is 4.42 Å². The van der Waals surface area contributed by atoms with Crippen molar-refractivity contribution in [2.75, 3.05) is 0 Å². The molecule has 0 saturated carbocycles. The van der Waals surface area contributed by atoms with Gasteiger partial charge in [0.25, 0.3) is 0 Å². The summed E-state index contributed by atoms with van der Waals surface area (Å²) in [6.45, 7) is 0. The van der Waals surface area contributed by atoms with E-state index in [2.05, 4.69) is 4.98 Å². The maximum absolute atomic E-state index is 12.2. The maximum atomic E-state index is 12.2. The van der Waals surface area contributed by atoms with Gasteiger partial charge < -0.3 is 4.42 Å². The predicted octanol–water partition coefficient (Wildman–Crippen LogP) is 5.89. The molecule has 0 aliphatic heterocycles. The van der Waals surface area contributed by atoms with Crippen molar-refractivity contribution in [2.45, 2.75) is 0 Å². The molecule has 0 radical (unpaired) electrons. The molecule has 2 aromatic heterocycles. The van der Waals surface area contributed by atoms with E-state index in [1.165, 1.54) is 11.3 Å². The largest absolute Gasteiger partial charge is 0.422 e. The first-order chi connectivity index (χ1) is 11.6. The quantitative estimate of drug-likeness (QED) is 0.411. The number of benzene rings is 2. The molecule has 24 heavy (non-hydrogen) atoms. The first-order valence-electron chi connectivity index (χ1n) is 7.06. The first-order valence-corrected chi connectivity index (χ1v) is 8.69. The lowest BCUT2D eigenvalue weighted by atomic mass is 10.1. The van der Waals surface area contributed by atoms with E-state index in [9.17, 15) is 4.79 Å². The van der Waals surface area contributed by atoms with Gasteiger partial charge in [-0.25, -0.2) is 9.78 Å². The van der Waals surface area contributed by atoms with E-state index in [1.54, 1.807) is 24.3 Å². The molecule has 0 unspecified atom stereocenters. The number of nitrogens with zero attached hydrogens (tertiary/aromatic N) is 1. The molecule has 0 saturated heterocycles. The van der Waals surface area contributed by atoms with E-state index in [0.717, 1.165) is 10.9 Å². The minimum absolute atomic E-state index is 0.406. The molecule has 4 aromatic rings. The zero-order valence-corrected chi connectivity index (χ0v) is 14.5. The number of hydrogen-bond acceptors (Lipinski definition) is 4. The van der Waals surface area contributed by atoms with Crippen LogP contribution in [0.1, 0.15) is 0 Å². The molecule has 6 heteroatoms. The summed E-state index contributed by atoms with van der Waals surface area (Å²) in [7, 11) is 0. The molecule has 2 aromatic carbocycles. The number of fused-ring (bicyclic) bond motifs is 1. The molecule has 4 rings (SSSR count). The zero-order valence-electron chi connectivity index (χ0n) is 12.1. The van der Waals surface area contributed by atoms with Crippen LogP contribution in [0.2, 0.25) is 10.0 Å². The summed E-state index contributed by atoms with van der Waals surface area (Å²) in [6, 6.07) is 14.4. The number of para-hydroxylation sites is 1. The van der Waals surface area contributed by atoms with E-state index in [-0.39, 0.29) is 0 Å². The van der Waals surface area contributed by atoms with E-state index in [1.807, 2.05) is 29.6 Å². The molecule has 0 N–H and O–H groups in total. The van der Waals surface area contributed by atoms with Crippen LogP contribution >= 0.6 is 34.5 Å². The lowest BCUT2D eigenvalue weighted by Gasteiger charge is -2.01. The third kappa shape index (κ3) is 2.73. The van der Waals surface area contributed by atoms with Gasteiger partial charge in [-0.3, -0.25) is 0 Å². The van der Waals surface area contributed by atoms with Crippen molar-refractivity contribution in [3.8, 4) is 21.8 Å². The Hall–Kier alpha value is -2.14. The zero-order chi connectivity index (χ0) is 16.7. The Bertz CT molecular complexity index is 1120. The molecule has 3 nitrogen and oxygen atoms in total. The number of thiazole rings is 1. The van der Waals surface area contributed by atoms with Crippen molar-refractivity contribution in [2.24, 2.45) is 0 Å². The lowest BCUT2D eigenvalue weighted by Crippen LogP contribution is -2.02. The highest BCUT2D eigenvalue weighted by atomic mass is 35.5. The molecule has 2 heterocycles. The van der Waals surface area contributed by atoms with Crippen molar-refractivity contribution in [1.29, 1.82) is 0 Å². The Morgan fingerprint density at radius 2 is 1.83 bits per heavy atom. The van der Waals surface area contributed by atoms with Gasteiger partial charge >= 0.3 is 5.63 Å². The van der Waals surface area contributed by atoms with Crippen LogP contribution < -0.4 is 5.63 Å². The van der Waals surface area contributed by atoms with E-state index in [4.69, 9.17) is 27.6 Å². The summed E-state index contributed by atoms with van der Waals surface area (Å²) >= 11 is 13.5. The lowest BCUT2D eigenvalue weighted by molar-refractivity contribution is 0.563. The second kappa shape index (κ2) is 6.06. The van der Waals surface area contributed by atoms with Crippen molar-refractivity contribution in [3.63, 3.8) is 0 Å². The Balaban J connectivity index is 1.83. The Labute approximate surface area is 151 Å². The average Bonchev–Trinajstić information content (AvgIpc) is 3.03. The summed E-state index contributed by atoms with van der Waals surface area (Å²) in [5.41, 5.74) is 2.06. The molecule has 0 aliphatic rings. The average molecular weight is 374 g/mol. The van der Waals surface area contributed by atoms with Crippen LogP contribution in [0.4, 0.5) is 0 Å². The third-order valence-electron chi connectivity index (χ3n) is 3.58. The summed E-state index contributed by atoms with van der Waals surface area (Å²) in [4.78, 5) is 16.8. The van der Waals surface area contributed by atoms with Crippen molar-refractivity contribution >= 4 is 45.5 Å². The molecule has 0 spiro atoms. The van der Waals surface area contributed by atoms with Gasteiger partial charge in [-0.2, -0.15) is 0 Å². The molecule has 0 fully saturated rings. The van der Waals surface area contributed by atoms with E-state index < -0.39 is 5.63 Å². The van der Waals surface area contributed by atoms with Crippen LogP contribution in [-0.2, 0) is 0 Å². The minimum atomic E-state index is -0.406.